The third-order valence-electron chi connectivity index (χ3n) is 17.6. The predicted molar refractivity (Wildman–Crippen MR) is 314 cm³/mol. The summed E-state index contributed by atoms with van der Waals surface area (Å²) < 4.78 is 13.0. The number of benzene rings is 3. The van der Waals surface area contributed by atoms with Crippen molar-refractivity contribution < 1.29 is 18.7 Å². The number of carbonyl (C=O) groups excluding carboxylic acids is 2. The van der Waals surface area contributed by atoms with Crippen molar-refractivity contribution in [2.24, 2.45) is 17.1 Å². The maximum atomic E-state index is 13.1. The van der Waals surface area contributed by atoms with Crippen LogP contribution in [0.15, 0.2) is 88.2 Å². The molecular weight excluding hydrogens is 998 g/mol. The van der Waals surface area contributed by atoms with Crippen LogP contribution in [0.2, 0.25) is 5.02 Å². The number of nitrogens with two attached hydrogens (primary N) is 1. The highest BCUT2D eigenvalue weighted by Crippen LogP contribution is 2.52. The zero-order valence-electron chi connectivity index (χ0n) is 47.7. The number of morpholine rings is 1. The Morgan fingerprint density at radius 2 is 1.58 bits per heavy atom. The second kappa shape index (κ2) is 27.2. The molecule has 0 bridgehead atoms. The second-order valence-corrected chi connectivity index (χ2v) is 24.4. The van der Waals surface area contributed by atoms with Crippen molar-refractivity contribution in [2.75, 3.05) is 66.6 Å². The van der Waals surface area contributed by atoms with Crippen molar-refractivity contribution in [1.82, 2.24) is 39.9 Å². The number of ether oxygens (including phenoxy) is 1. The van der Waals surface area contributed by atoms with Gasteiger partial charge in [-0.3, -0.25) is 19.1 Å². The summed E-state index contributed by atoms with van der Waals surface area (Å²) in [5.41, 5.74) is 14.4. The average molecular weight is 1090 g/mol. The smallest absolute Gasteiger partial charge is 0.282 e. The van der Waals surface area contributed by atoms with Crippen molar-refractivity contribution in [3.8, 4) is 17.0 Å². The molecule has 4 N–H and O–H groups in total. The monoisotopic (exact) mass is 1090 g/mol. The molecule has 2 aliphatic carbocycles. The quantitative estimate of drug-likeness (QED) is 0.107. The molecule has 1 amide bonds. The summed E-state index contributed by atoms with van der Waals surface area (Å²) >= 11 is 6.48. The minimum absolute atomic E-state index is 0.0320. The molecule has 5 fully saturated rings. The summed E-state index contributed by atoms with van der Waals surface area (Å²) in [6.07, 6.45) is 22.2. The van der Waals surface area contributed by atoms with Gasteiger partial charge in [-0.15, -0.1) is 0 Å². The summed E-state index contributed by atoms with van der Waals surface area (Å²) in [6.45, 7) is 18.0. The molecule has 6 aliphatic rings. The van der Waals surface area contributed by atoms with Crippen molar-refractivity contribution in [3.05, 3.63) is 123 Å². The van der Waals surface area contributed by atoms with Crippen LogP contribution in [0.3, 0.4) is 0 Å². The number of amides is 1. The van der Waals surface area contributed by atoms with E-state index in [0.29, 0.717) is 22.2 Å². The lowest BCUT2D eigenvalue weighted by molar-refractivity contribution is -0.111. The van der Waals surface area contributed by atoms with Gasteiger partial charge in [0.25, 0.3) is 5.56 Å². The highest BCUT2D eigenvalue weighted by molar-refractivity contribution is 6.35. The number of nitrogens with zero attached hydrogens (tertiary/aromatic N) is 6. The first-order chi connectivity index (χ1) is 37.6. The Bertz CT molecular complexity index is 2820. The van der Waals surface area contributed by atoms with E-state index in [9.17, 15) is 14.4 Å². The van der Waals surface area contributed by atoms with Gasteiger partial charge in [-0.05, 0) is 151 Å². The van der Waals surface area contributed by atoms with Gasteiger partial charge in [0, 0.05) is 43.1 Å². The number of piperidine rings is 1. The first-order valence-corrected chi connectivity index (χ1v) is 29.4. The number of hydrogen-bond acceptors (Lipinski definition) is 12. The fourth-order valence-electron chi connectivity index (χ4n) is 12.4. The third-order valence-corrected chi connectivity index (χ3v) is 17.9. The summed E-state index contributed by atoms with van der Waals surface area (Å²) in [4.78, 5) is 51.0. The zero-order chi connectivity index (χ0) is 55.4. The van der Waals surface area contributed by atoms with Crippen LogP contribution in [-0.2, 0) is 19.7 Å². The van der Waals surface area contributed by atoms with Gasteiger partial charge >= 0.3 is 0 Å². The Kier molecular flexibility index (Phi) is 20.5. The molecule has 3 aromatic carbocycles. The lowest BCUT2D eigenvalue weighted by atomic mass is 9.69. The van der Waals surface area contributed by atoms with Gasteiger partial charge in [0.15, 0.2) is 12.2 Å². The fraction of sp³-hybridized carbons (Fsp3) is 0.571. The number of aryl methyl sites for hydroxylation is 1. The minimum Gasteiger partial charge on any atom is -0.443 e. The van der Waals surface area contributed by atoms with E-state index in [-0.39, 0.29) is 28.5 Å². The number of aldehydes is 1. The number of allylic oxidation sites excluding steroid dienone is 1. The third kappa shape index (κ3) is 14.1. The lowest BCUT2D eigenvalue weighted by Gasteiger charge is -2.34. The molecule has 3 unspecified atom stereocenters. The highest BCUT2D eigenvalue weighted by Gasteiger charge is 2.46. The van der Waals surface area contributed by atoms with Crippen molar-refractivity contribution in [1.29, 1.82) is 0 Å². The number of rotatable bonds is 11. The predicted octanol–water partition coefficient (Wildman–Crippen LogP) is 10.9. The number of hydrogen-bond donors (Lipinski definition) is 3. The van der Waals surface area contributed by atoms with Crippen LogP contribution in [0.5, 0.6) is 0 Å². The summed E-state index contributed by atoms with van der Waals surface area (Å²) in [5.74, 6) is 2.81. The van der Waals surface area contributed by atoms with Gasteiger partial charge in [0.1, 0.15) is 12.1 Å². The van der Waals surface area contributed by atoms with E-state index >= 15 is 0 Å². The van der Waals surface area contributed by atoms with E-state index in [0.717, 1.165) is 117 Å². The number of fused-ring (bicyclic) bond motifs is 7. The molecule has 1 spiro atoms. The molecule has 3 atom stereocenters. The van der Waals surface area contributed by atoms with Gasteiger partial charge in [-0.1, -0.05) is 113 Å². The number of aromatic nitrogens is 3. The van der Waals surface area contributed by atoms with Gasteiger partial charge in [0.05, 0.1) is 58.0 Å². The van der Waals surface area contributed by atoms with E-state index in [4.69, 9.17) is 31.5 Å². The normalized spacial score (nSPS) is 20.9. The number of oxazole rings is 1. The minimum atomic E-state index is -0.194. The molecule has 5 aromatic rings. The Morgan fingerprint density at radius 3 is 2.18 bits per heavy atom. The van der Waals surface area contributed by atoms with Crippen LogP contribution in [0.4, 0.5) is 0 Å². The lowest BCUT2D eigenvalue weighted by Crippen LogP contribution is -2.41. The Morgan fingerprint density at radius 1 is 0.872 bits per heavy atom. The molecule has 3 saturated heterocycles. The fourth-order valence-corrected chi connectivity index (χ4v) is 12.7. The maximum absolute atomic E-state index is 13.1. The Balaban J connectivity index is 0.000000151. The topological polar surface area (TPSA) is 164 Å². The van der Waals surface area contributed by atoms with E-state index in [1.807, 2.05) is 70.3 Å². The number of nitrogens with one attached hydrogen (secondary N) is 2. The van der Waals surface area contributed by atoms with Gasteiger partial charge in [-0.2, -0.15) is 4.98 Å². The molecule has 6 heterocycles. The molecule has 422 valence electrons. The SMILES string of the molecule is CC(C)(C)C(C=O)N/C=C(\N)C1CCCCC1.CC1CCCN1C.CN1CCC(c2ccc3c(c2)-n2c(nc(=O)c4c(Cl)cccc42)C32CCCCC2)CC1.Cc1ncoc1-c1ccc(C(CN2CCOCC2)NC=O)cc1. The van der Waals surface area contributed by atoms with Crippen LogP contribution in [0.1, 0.15) is 158 Å². The highest BCUT2D eigenvalue weighted by atomic mass is 35.5. The second-order valence-electron chi connectivity index (χ2n) is 23.9. The summed E-state index contributed by atoms with van der Waals surface area (Å²) in [5, 5.41) is 7.09. The number of likely N-dealkylation sites (tertiary alicyclic amines) is 2. The van der Waals surface area contributed by atoms with Crippen LogP contribution < -0.4 is 21.9 Å². The van der Waals surface area contributed by atoms with Crippen molar-refractivity contribution in [2.45, 2.75) is 154 Å². The van der Waals surface area contributed by atoms with E-state index in [1.165, 1.54) is 107 Å². The number of halogens is 1. The van der Waals surface area contributed by atoms with Crippen molar-refractivity contribution in [3.63, 3.8) is 0 Å². The van der Waals surface area contributed by atoms with Gasteiger partial charge < -0.3 is 40.1 Å². The molecule has 4 aliphatic heterocycles. The summed E-state index contributed by atoms with van der Waals surface area (Å²) in [7, 11) is 4.40. The molecule has 78 heavy (non-hydrogen) atoms. The molecule has 0 radical (unpaired) electrons. The first-order valence-electron chi connectivity index (χ1n) is 29.0. The van der Waals surface area contributed by atoms with Crippen LogP contribution >= 0.6 is 11.6 Å². The van der Waals surface area contributed by atoms with Crippen LogP contribution in [-0.4, -0.2) is 121 Å². The van der Waals surface area contributed by atoms with Crippen LogP contribution in [0, 0.1) is 18.3 Å². The molecule has 2 saturated carbocycles. The first kappa shape index (κ1) is 58.8. The largest absolute Gasteiger partial charge is 0.443 e. The summed E-state index contributed by atoms with van der Waals surface area (Å²) in [6, 6.07) is 21.6. The van der Waals surface area contributed by atoms with Crippen LogP contribution in [0.25, 0.3) is 27.9 Å². The Labute approximate surface area is 468 Å². The van der Waals surface area contributed by atoms with Gasteiger partial charge in [-0.25, -0.2) is 4.98 Å². The van der Waals surface area contributed by atoms with E-state index < -0.39 is 0 Å². The number of carbonyl (C=O) groups is 2. The molecule has 14 nitrogen and oxygen atoms in total. The Hall–Kier alpha value is -5.38. The van der Waals surface area contributed by atoms with Gasteiger partial charge in [0.2, 0.25) is 6.41 Å². The average Bonchev–Trinajstić information content (AvgIpc) is 4.33. The molecule has 15 heteroatoms. The molecule has 2 aromatic heterocycles. The molecule has 11 rings (SSSR count). The molecular formula is C63H88ClN9O5. The van der Waals surface area contributed by atoms with Crippen molar-refractivity contribution >= 4 is 35.2 Å². The zero-order valence-corrected chi connectivity index (χ0v) is 48.5. The standard InChI is InChI=1S/C26H28ClN3O.C17H21N3O3.C14H26N2O.C6H13N/c1-29-14-10-17(11-15-29)18-8-9-19-22(16-18)30-21-7-5-6-20(27)23(21)24(31)28-25(30)26(19)12-3-2-4-13-26;1-13-17(23-12-19-13)15-4-2-14(3-5-15)16(18-11-21)10-20-6-8-22-9-7-20;1-14(2,3)13(10-17)16-9-12(15)11-7-5-4-6-8-11;1-6-4-3-5-7(6)2/h5-9,16-17H,2-4,10-15H2,1H3;2-5,11-12,16H,6-10H2,1H3,(H,18,21);9-11,13,16H,4-8,15H2,1-3H3;6H,3-5H2,1-2H3/b;;12-9-;. The van der Waals surface area contributed by atoms with E-state index in [2.05, 4.69) is 74.1 Å². The maximum Gasteiger partial charge on any atom is 0.282 e. The van der Waals surface area contributed by atoms with E-state index in [1.54, 1.807) is 6.07 Å².